The van der Waals surface area contributed by atoms with Crippen molar-refractivity contribution in [1.82, 2.24) is 4.90 Å². The van der Waals surface area contributed by atoms with Crippen molar-refractivity contribution < 1.29 is 19.4 Å². The zero-order valence-electron chi connectivity index (χ0n) is 12.6. The van der Waals surface area contributed by atoms with Crippen molar-refractivity contribution in [2.24, 2.45) is 0 Å². The molecule has 1 atom stereocenters. The van der Waals surface area contributed by atoms with Crippen LogP contribution in [0.4, 0.5) is 0 Å². The van der Waals surface area contributed by atoms with Gasteiger partial charge in [0, 0.05) is 19.1 Å². The van der Waals surface area contributed by atoms with Gasteiger partial charge in [-0.15, -0.1) is 0 Å². The predicted molar refractivity (Wildman–Crippen MR) is 79.5 cm³/mol. The number of ether oxygens (including phenoxy) is 2. The van der Waals surface area contributed by atoms with Gasteiger partial charge in [0.15, 0.2) is 0 Å². The molecule has 21 heavy (non-hydrogen) atoms. The molecular weight excluding hydrogens is 270 g/mol. The van der Waals surface area contributed by atoms with Crippen molar-refractivity contribution in [3.05, 3.63) is 29.8 Å². The summed E-state index contributed by atoms with van der Waals surface area (Å²) in [5.41, 5.74) is 1.13. The van der Waals surface area contributed by atoms with Crippen molar-refractivity contribution in [1.29, 1.82) is 0 Å². The lowest BCUT2D eigenvalue weighted by molar-refractivity contribution is -0.140. The van der Waals surface area contributed by atoms with E-state index in [9.17, 15) is 4.79 Å². The molecule has 5 nitrogen and oxygen atoms in total. The Hall–Kier alpha value is -1.59. The average Bonchev–Trinajstić information content (AvgIpc) is 2.40. The highest BCUT2D eigenvalue weighted by molar-refractivity contribution is 5.67. The lowest BCUT2D eigenvalue weighted by Gasteiger charge is -2.34. The maximum Gasteiger partial charge on any atom is 0.305 e. The van der Waals surface area contributed by atoms with Crippen LogP contribution in [0.5, 0.6) is 5.75 Å². The first-order valence-electron chi connectivity index (χ1n) is 7.34. The van der Waals surface area contributed by atoms with Gasteiger partial charge < -0.3 is 14.6 Å². The molecule has 1 aromatic carbocycles. The molecular formula is C16H23NO4. The van der Waals surface area contributed by atoms with E-state index < -0.39 is 5.97 Å². The maximum absolute atomic E-state index is 10.9. The van der Waals surface area contributed by atoms with E-state index in [-0.39, 0.29) is 18.6 Å². The molecule has 0 bridgehead atoms. The van der Waals surface area contributed by atoms with Gasteiger partial charge in [0.25, 0.3) is 0 Å². The first-order chi connectivity index (χ1) is 10.0. The molecule has 116 valence electrons. The lowest BCUT2D eigenvalue weighted by Crippen LogP contribution is -2.45. The van der Waals surface area contributed by atoms with E-state index in [0.29, 0.717) is 13.2 Å². The highest BCUT2D eigenvalue weighted by Crippen LogP contribution is 2.19. The molecule has 5 heteroatoms. The summed E-state index contributed by atoms with van der Waals surface area (Å²) in [7, 11) is 0. The van der Waals surface area contributed by atoms with Crippen LogP contribution in [0.2, 0.25) is 0 Å². The minimum atomic E-state index is -0.785. The number of carboxylic acid groups (broad SMARTS) is 1. The molecule has 0 amide bonds. The average molecular weight is 293 g/mol. The predicted octanol–water partition coefficient (Wildman–Crippen LogP) is 2.15. The second kappa shape index (κ2) is 7.43. The number of rotatable bonds is 6. The highest BCUT2D eigenvalue weighted by atomic mass is 16.5. The third-order valence-corrected chi connectivity index (χ3v) is 3.42. The summed E-state index contributed by atoms with van der Waals surface area (Å²) in [6.07, 6.45) is 0.255. The smallest absolute Gasteiger partial charge is 0.305 e. The van der Waals surface area contributed by atoms with Crippen molar-refractivity contribution in [3.8, 4) is 5.75 Å². The number of carbonyl (C=O) groups is 1. The molecule has 0 spiro atoms. The number of carboxylic acids is 1. The van der Waals surface area contributed by atoms with Crippen LogP contribution >= 0.6 is 0 Å². The zero-order chi connectivity index (χ0) is 15.2. The maximum atomic E-state index is 10.9. The number of benzene rings is 1. The van der Waals surface area contributed by atoms with E-state index in [0.717, 1.165) is 24.4 Å². The highest BCUT2D eigenvalue weighted by Gasteiger charge is 2.25. The molecule has 1 fully saturated rings. The topological polar surface area (TPSA) is 59.0 Å². The summed E-state index contributed by atoms with van der Waals surface area (Å²) in [4.78, 5) is 13.1. The van der Waals surface area contributed by atoms with Crippen molar-refractivity contribution in [2.75, 3.05) is 19.8 Å². The van der Waals surface area contributed by atoms with Crippen LogP contribution in [-0.4, -0.2) is 47.9 Å². The first kappa shape index (κ1) is 15.8. The van der Waals surface area contributed by atoms with Gasteiger partial charge in [0.2, 0.25) is 0 Å². The van der Waals surface area contributed by atoms with Crippen molar-refractivity contribution in [2.45, 2.75) is 39.0 Å². The largest absolute Gasteiger partial charge is 0.491 e. The van der Waals surface area contributed by atoms with Gasteiger partial charge in [-0.25, -0.2) is 0 Å². The Morgan fingerprint density at radius 3 is 3.05 bits per heavy atom. The monoisotopic (exact) mass is 293 g/mol. The zero-order valence-corrected chi connectivity index (χ0v) is 12.6. The minimum absolute atomic E-state index is 0.0640. The number of morpholine rings is 1. The van der Waals surface area contributed by atoms with Crippen LogP contribution < -0.4 is 4.74 Å². The molecule has 0 radical (unpaired) electrons. The summed E-state index contributed by atoms with van der Waals surface area (Å²) >= 11 is 0. The fourth-order valence-corrected chi connectivity index (χ4v) is 2.51. The van der Waals surface area contributed by atoms with Crippen LogP contribution in [0.25, 0.3) is 0 Å². The molecule has 0 aliphatic carbocycles. The molecule has 0 aromatic heterocycles. The third-order valence-electron chi connectivity index (χ3n) is 3.42. The van der Waals surface area contributed by atoms with Gasteiger partial charge >= 0.3 is 5.97 Å². The van der Waals surface area contributed by atoms with Gasteiger partial charge in [-0.05, 0) is 31.5 Å². The van der Waals surface area contributed by atoms with E-state index in [1.807, 2.05) is 38.1 Å². The van der Waals surface area contributed by atoms with E-state index in [1.165, 1.54) is 0 Å². The summed E-state index contributed by atoms with van der Waals surface area (Å²) in [5, 5.41) is 8.99. The van der Waals surface area contributed by atoms with Crippen molar-refractivity contribution in [3.63, 3.8) is 0 Å². The number of hydrogen-bond donors (Lipinski definition) is 1. The van der Waals surface area contributed by atoms with E-state index in [4.69, 9.17) is 14.6 Å². The minimum Gasteiger partial charge on any atom is -0.491 e. The summed E-state index contributed by atoms with van der Waals surface area (Å²) < 4.78 is 11.1. The number of hydrogen-bond acceptors (Lipinski definition) is 4. The molecule has 1 N–H and O–H groups in total. The first-order valence-corrected chi connectivity index (χ1v) is 7.34. The van der Waals surface area contributed by atoms with Gasteiger partial charge in [-0.1, -0.05) is 12.1 Å². The molecule has 1 aliphatic rings. The molecule has 1 aliphatic heterocycles. The normalized spacial score (nSPS) is 19.7. The van der Waals surface area contributed by atoms with Crippen LogP contribution in [0.1, 0.15) is 25.8 Å². The van der Waals surface area contributed by atoms with Crippen LogP contribution in [0.3, 0.4) is 0 Å². The number of nitrogens with zero attached hydrogens (tertiary/aromatic N) is 1. The van der Waals surface area contributed by atoms with Crippen LogP contribution in [0.15, 0.2) is 24.3 Å². The van der Waals surface area contributed by atoms with Crippen LogP contribution in [-0.2, 0) is 16.1 Å². The molecule has 0 saturated carbocycles. The van der Waals surface area contributed by atoms with E-state index >= 15 is 0 Å². The van der Waals surface area contributed by atoms with Gasteiger partial charge in [-0.3, -0.25) is 9.69 Å². The third kappa shape index (κ3) is 5.02. The van der Waals surface area contributed by atoms with Gasteiger partial charge in [0.1, 0.15) is 5.75 Å². The second-order valence-corrected chi connectivity index (χ2v) is 5.61. The lowest BCUT2D eigenvalue weighted by atomic mass is 10.1. The number of aliphatic carboxylic acids is 1. The van der Waals surface area contributed by atoms with E-state index in [1.54, 1.807) is 0 Å². The van der Waals surface area contributed by atoms with Gasteiger partial charge in [0.05, 0.1) is 25.7 Å². The van der Waals surface area contributed by atoms with E-state index in [2.05, 4.69) is 4.90 Å². The fraction of sp³-hybridized carbons (Fsp3) is 0.562. The molecule has 1 heterocycles. The Morgan fingerprint density at radius 1 is 1.52 bits per heavy atom. The Balaban J connectivity index is 2.02. The quantitative estimate of drug-likeness (QED) is 0.871. The Labute approximate surface area is 125 Å². The SMILES string of the molecule is CC(C)Oc1cccc(CN2CCOCC2CC(=O)O)c1. The van der Waals surface area contributed by atoms with Gasteiger partial charge in [-0.2, -0.15) is 0 Å². The standard InChI is InChI=1S/C16H23NO4/c1-12(2)21-15-5-3-4-13(8-15)10-17-6-7-20-11-14(17)9-16(18)19/h3-5,8,12,14H,6-7,9-11H2,1-2H3,(H,18,19). The Kier molecular flexibility index (Phi) is 5.59. The Bertz CT molecular complexity index is 475. The van der Waals surface area contributed by atoms with Crippen molar-refractivity contribution >= 4 is 5.97 Å². The summed E-state index contributed by atoms with van der Waals surface area (Å²) in [6.45, 7) is 6.60. The summed E-state index contributed by atoms with van der Waals surface area (Å²) in [6, 6.07) is 7.91. The molecule has 1 unspecified atom stereocenters. The molecule has 1 saturated heterocycles. The molecule has 2 rings (SSSR count). The van der Waals surface area contributed by atoms with Crippen LogP contribution in [0, 0.1) is 0 Å². The molecule has 1 aromatic rings. The second-order valence-electron chi connectivity index (χ2n) is 5.61. The summed E-state index contributed by atoms with van der Waals surface area (Å²) in [5.74, 6) is 0.0675. The Morgan fingerprint density at radius 2 is 2.33 bits per heavy atom. The fourth-order valence-electron chi connectivity index (χ4n) is 2.51.